The summed E-state index contributed by atoms with van der Waals surface area (Å²) < 4.78 is 31.8. The molecule has 0 aliphatic carbocycles. The van der Waals surface area contributed by atoms with Crippen molar-refractivity contribution in [1.82, 2.24) is 5.29 Å². The van der Waals surface area contributed by atoms with Gasteiger partial charge in [-0.25, -0.2) is 0 Å². The predicted octanol–water partition coefficient (Wildman–Crippen LogP) is -0.129. The van der Waals surface area contributed by atoms with Crippen molar-refractivity contribution < 1.29 is 17.5 Å². The Morgan fingerprint density at radius 2 is 2.43 bits per heavy atom. The van der Waals surface area contributed by atoms with Gasteiger partial charge in [-0.15, -0.1) is 8.77 Å². The molecule has 7 heavy (non-hydrogen) atoms. The third-order valence-corrected chi connectivity index (χ3v) is 0.499. The van der Waals surface area contributed by atoms with Gasteiger partial charge in [-0.1, -0.05) is 0 Å². The monoisotopic (exact) mass is 129 g/mol. The molecular weight excluding hydrogens is 125 g/mol. The van der Waals surface area contributed by atoms with Crippen molar-refractivity contribution in [1.29, 1.82) is 0 Å². The highest BCUT2D eigenvalue weighted by Crippen LogP contribution is 1.84. The minimum Gasteiger partial charge on any atom is -0.283 e. The van der Waals surface area contributed by atoms with Crippen LogP contribution in [0.5, 0.6) is 0 Å². The Hall–Kier alpha value is -0.0400. The number of hydrogen-bond acceptors (Lipinski definition) is 3. The van der Waals surface area contributed by atoms with E-state index in [0.717, 1.165) is 7.05 Å². The molecule has 0 amide bonds. The molecule has 0 bridgehead atoms. The van der Waals surface area contributed by atoms with Crippen LogP contribution in [-0.2, 0) is 15.6 Å². The number of hydroxylamine groups is 1. The Kier molecular flexibility index (Phi) is 3.01. The molecule has 1 atom stereocenters. The van der Waals surface area contributed by atoms with E-state index in [2.05, 4.69) is 4.28 Å². The summed E-state index contributed by atoms with van der Waals surface area (Å²) in [4.78, 5) is 0. The van der Waals surface area contributed by atoms with Crippen LogP contribution >= 0.6 is 0 Å². The second-order valence-electron chi connectivity index (χ2n) is 0.712. The molecule has 0 saturated heterocycles. The van der Waals surface area contributed by atoms with E-state index in [1.807, 2.05) is 0 Å². The minimum atomic E-state index is -2.54. The highest BCUT2D eigenvalue weighted by molar-refractivity contribution is 7.74. The lowest BCUT2D eigenvalue weighted by atomic mass is 11.5. The maximum atomic E-state index is 11.2. The van der Waals surface area contributed by atoms with Crippen LogP contribution in [0, 0.1) is 0 Å². The molecule has 0 aliphatic rings. The quantitative estimate of drug-likeness (QED) is 0.320. The Morgan fingerprint density at radius 1 is 2.00 bits per heavy atom. The summed E-state index contributed by atoms with van der Waals surface area (Å²) in [5.74, 6) is 0. The molecule has 1 unspecified atom stereocenters. The van der Waals surface area contributed by atoms with Gasteiger partial charge in [0, 0.05) is 7.05 Å². The second-order valence-corrected chi connectivity index (χ2v) is 1.30. The van der Waals surface area contributed by atoms with Gasteiger partial charge in [0.05, 0.1) is 0 Å². The molecule has 0 rings (SSSR count). The SMILES string of the molecule is CN(F)OS(=O)O. The van der Waals surface area contributed by atoms with E-state index in [-0.39, 0.29) is 5.29 Å². The molecule has 0 radical (unpaired) electrons. The van der Waals surface area contributed by atoms with E-state index >= 15 is 0 Å². The normalized spacial score (nSPS) is 14.9. The van der Waals surface area contributed by atoms with Crippen LogP contribution in [0.25, 0.3) is 0 Å². The second kappa shape index (κ2) is 3.03. The van der Waals surface area contributed by atoms with Crippen LogP contribution in [0.3, 0.4) is 0 Å². The van der Waals surface area contributed by atoms with Crippen LogP contribution in [0.2, 0.25) is 0 Å². The molecular formula is CH4FNO3S. The van der Waals surface area contributed by atoms with E-state index < -0.39 is 11.4 Å². The first kappa shape index (κ1) is 6.96. The van der Waals surface area contributed by atoms with Crippen molar-refractivity contribution in [2.24, 2.45) is 0 Å². The fourth-order valence-corrected chi connectivity index (χ4v) is 0.264. The lowest BCUT2D eigenvalue weighted by Crippen LogP contribution is -2.08. The number of nitrogens with zero attached hydrogens (tertiary/aromatic N) is 1. The molecule has 1 N–H and O–H groups in total. The molecule has 0 heterocycles. The molecule has 0 spiro atoms. The van der Waals surface area contributed by atoms with E-state index in [9.17, 15) is 8.69 Å². The van der Waals surface area contributed by atoms with Gasteiger partial charge in [0.2, 0.25) is 0 Å². The molecule has 0 fully saturated rings. The predicted molar refractivity (Wildman–Crippen MR) is 20.7 cm³/mol. The van der Waals surface area contributed by atoms with Gasteiger partial charge < -0.3 is 0 Å². The lowest BCUT2D eigenvalue weighted by molar-refractivity contribution is -0.182. The van der Waals surface area contributed by atoms with E-state index in [4.69, 9.17) is 4.55 Å². The standard InChI is InChI=1S/CH4FNO3S/c1-3(2)6-7(4)5/h1H3,(H,4,5). The third-order valence-electron chi connectivity index (χ3n) is 0.166. The molecule has 0 saturated carbocycles. The van der Waals surface area contributed by atoms with E-state index in [0.29, 0.717) is 0 Å². The van der Waals surface area contributed by atoms with Crippen LogP contribution in [0.15, 0.2) is 0 Å². The Labute approximate surface area is 42.3 Å². The molecule has 0 aromatic rings. The van der Waals surface area contributed by atoms with Gasteiger partial charge in [-0.2, -0.15) is 4.21 Å². The number of rotatable bonds is 2. The zero-order valence-corrected chi connectivity index (χ0v) is 4.31. The minimum absolute atomic E-state index is 0.351. The van der Waals surface area contributed by atoms with Gasteiger partial charge in [-0.3, -0.25) is 4.55 Å². The Bertz CT molecular complexity index is 75.3. The van der Waals surface area contributed by atoms with Crippen molar-refractivity contribution in [3.05, 3.63) is 0 Å². The summed E-state index contributed by atoms with van der Waals surface area (Å²) in [6, 6.07) is 0. The summed E-state index contributed by atoms with van der Waals surface area (Å²) in [7, 11) is 0.855. The van der Waals surface area contributed by atoms with Crippen LogP contribution in [-0.4, -0.2) is 21.1 Å². The molecule has 0 aliphatic heterocycles. The third kappa shape index (κ3) is 5.96. The van der Waals surface area contributed by atoms with Crippen molar-refractivity contribution in [3.63, 3.8) is 0 Å². The van der Waals surface area contributed by atoms with Crippen LogP contribution in [0.4, 0.5) is 4.48 Å². The van der Waals surface area contributed by atoms with E-state index in [1.54, 1.807) is 0 Å². The molecule has 4 nitrogen and oxygen atoms in total. The average molecular weight is 129 g/mol. The maximum absolute atomic E-state index is 11.2. The number of hydrogen-bond donors (Lipinski definition) is 1. The fourth-order valence-electron chi connectivity index (χ4n) is 0.0879. The summed E-state index contributed by atoms with van der Waals surface area (Å²) in [5, 5.41) is -0.351. The molecule has 0 aromatic heterocycles. The van der Waals surface area contributed by atoms with Crippen molar-refractivity contribution in [2.75, 3.05) is 7.05 Å². The highest BCUT2D eigenvalue weighted by atomic mass is 32.2. The zero-order chi connectivity index (χ0) is 5.86. The van der Waals surface area contributed by atoms with E-state index in [1.165, 1.54) is 0 Å². The highest BCUT2D eigenvalue weighted by Gasteiger charge is 1.96. The van der Waals surface area contributed by atoms with Gasteiger partial charge in [0.15, 0.2) is 0 Å². The Balaban J connectivity index is 3.13. The summed E-state index contributed by atoms with van der Waals surface area (Å²) in [6.45, 7) is 0. The lowest BCUT2D eigenvalue weighted by Gasteiger charge is -1.96. The van der Waals surface area contributed by atoms with Crippen LogP contribution < -0.4 is 0 Å². The van der Waals surface area contributed by atoms with Gasteiger partial charge in [0.1, 0.15) is 0 Å². The molecule has 0 aromatic carbocycles. The topological polar surface area (TPSA) is 49.8 Å². The number of halogens is 1. The smallest absolute Gasteiger partial charge is 0.283 e. The van der Waals surface area contributed by atoms with Gasteiger partial charge in [0.25, 0.3) is 0 Å². The largest absolute Gasteiger partial charge is 0.322 e. The first-order valence-corrected chi connectivity index (χ1v) is 2.35. The van der Waals surface area contributed by atoms with Gasteiger partial charge in [-0.05, 0) is 5.29 Å². The van der Waals surface area contributed by atoms with Crippen molar-refractivity contribution >= 4 is 11.4 Å². The maximum Gasteiger partial charge on any atom is 0.322 e. The zero-order valence-electron chi connectivity index (χ0n) is 3.50. The van der Waals surface area contributed by atoms with Crippen molar-refractivity contribution in [3.8, 4) is 0 Å². The fraction of sp³-hybridized carbons (Fsp3) is 1.00. The summed E-state index contributed by atoms with van der Waals surface area (Å²) >= 11 is -2.54. The molecule has 6 heteroatoms. The van der Waals surface area contributed by atoms with Crippen molar-refractivity contribution in [2.45, 2.75) is 0 Å². The average Bonchev–Trinajstić information content (AvgIpc) is 1.27. The summed E-state index contributed by atoms with van der Waals surface area (Å²) in [6.07, 6.45) is 0. The first-order chi connectivity index (χ1) is 3.13. The molecule has 44 valence electrons. The van der Waals surface area contributed by atoms with Gasteiger partial charge >= 0.3 is 11.4 Å². The summed E-state index contributed by atoms with van der Waals surface area (Å²) in [5.41, 5.74) is 0. The first-order valence-electron chi connectivity index (χ1n) is 1.31. The Morgan fingerprint density at radius 3 is 2.43 bits per heavy atom. The van der Waals surface area contributed by atoms with Crippen LogP contribution in [0.1, 0.15) is 0 Å².